The molecule has 1 aromatic carbocycles. The van der Waals surface area contributed by atoms with Crippen LogP contribution < -0.4 is 10.5 Å². The molecule has 0 radical (unpaired) electrons. The molecule has 3 N–H and O–H groups in total. The van der Waals surface area contributed by atoms with Gasteiger partial charge in [0.25, 0.3) is 5.91 Å². The van der Waals surface area contributed by atoms with Crippen LogP contribution in [0.15, 0.2) is 21.5 Å². The van der Waals surface area contributed by atoms with Crippen LogP contribution in [0.4, 0.5) is 0 Å². The van der Waals surface area contributed by atoms with Crippen molar-refractivity contribution in [3.8, 4) is 0 Å². The minimum atomic E-state index is -3.98. The van der Waals surface area contributed by atoms with Crippen LogP contribution in [0.1, 0.15) is 36.0 Å². The molecule has 1 aliphatic carbocycles. The van der Waals surface area contributed by atoms with E-state index in [1.54, 1.807) is 0 Å². The molecule has 1 amide bonds. The lowest BCUT2D eigenvalue weighted by Crippen LogP contribution is -2.28. The monoisotopic (exact) mass is 394 g/mol. The van der Waals surface area contributed by atoms with Gasteiger partial charge in [0.15, 0.2) is 0 Å². The summed E-state index contributed by atoms with van der Waals surface area (Å²) in [6, 6.07) is 2.76. The number of carbonyl (C=O) groups excluding carboxylic acids is 1. The normalized spacial score (nSPS) is 15.6. The van der Waals surface area contributed by atoms with Crippen LogP contribution in [-0.4, -0.2) is 20.9 Å². The first-order valence-corrected chi connectivity index (χ1v) is 9.31. The first-order chi connectivity index (χ1) is 9.79. The second kappa shape index (κ2) is 6.64. The summed E-state index contributed by atoms with van der Waals surface area (Å²) < 4.78 is 23.4. The number of amides is 1. The van der Waals surface area contributed by atoms with Crippen molar-refractivity contribution in [1.29, 1.82) is 0 Å². The summed E-state index contributed by atoms with van der Waals surface area (Å²) in [5, 5.41) is 7.71. The van der Waals surface area contributed by atoms with Crippen LogP contribution in [0.25, 0.3) is 0 Å². The number of carbonyl (C=O) groups is 1. The lowest BCUT2D eigenvalue weighted by atomic mass is 9.83. The lowest BCUT2D eigenvalue weighted by Gasteiger charge is -2.25. The molecular formula is C13H16BrClN2O3S. The van der Waals surface area contributed by atoms with Gasteiger partial charge in [-0.3, -0.25) is 4.79 Å². The highest BCUT2D eigenvalue weighted by Gasteiger charge is 2.22. The molecule has 0 spiro atoms. The van der Waals surface area contributed by atoms with Gasteiger partial charge in [-0.2, -0.15) is 0 Å². The largest absolute Gasteiger partial charge is 0.352 e. The SMILES string of the molecule is NS(=O)(=O)c1cc(Br)cc(C(=O)NCCC2CCC2)c1Cl. The van der Waals surface area contributed by atoms with Gasteiger partial charge in [0.2, 0.25) is 10.0 Å². The van der Waals surface area contributed by atoms with E-state index in [0.29, 0.717) is 16.9 Å². The predicted octanol–water partition coefficient (Wildman–Crippen LogP) is 2.67. The van der Waals surface area contributed by atoms with Gasteiger partial charge in [0.1, 0.15) is 4.90 Å². The highest BCUT2D eigenvalue weighted by molar-refractivity contribution is 9.10. The Kier molecular flexibility index (Phi) is 5.29. The first-order valence-electron chi connectivity index (χ1n) is 6.59. The summed E-state index contributed by atoms with van der Waals surface area (Å²) in [4.78, 5) is 11.9. The Hall–Kier alpha value is -0.630. The van der Waals surface area contributed by atoms with Crippen molar-refractivity contribution in [2.75, 3.05) is 6.54 Å². The molecule has 1 saturated carbocycles. The predicted molar refractivity (Wildman–Crippen MR) is 84.8 cm³/mol. The van der Waals surface area contributed by atoms with Crippen LogP contribution in [0, 0.1) is 5.92 Å². The third kappa shape index (κ3) is 4.18. The molecule has 0 saturated heterocycles. The molecule has 1 fully saturated rings. The number of sulfonamides is 1. The smallest absolute Gasteiger partial charge is 0.252 e. The van der Waals surface area contributed by atoms with E-state index < -0.39 is 15.9 Å². The molecule has 0 aromatic heterocycles. The van der Waals surface area contributed by atoms with Crippen LogP contribution >= 0.6 is 27.5 Å². The summed E-state index contributed by atoms with van der Waals surface area (Å²) in [6.45, 7) is 0.553. The second-order valence-electron chi connectivity index (χ2n) is 5.15. The topological polar surface area (TPSA) is 89.3 Å². The maximum Gasteiger partial charge on any atom is 0.252 e. The molecule has 0 heterocycles. The van der Waals surface area contributed by atoms with Crippen LogP contribution in [0.5, 0.6) is 0 Å². The Bertz CT molecular complexity index is 660. The van der Waals surface area contributed by atoms with Crippen LogP contribution in [0.3, 0.4) is 0 Å². The quantitative estimate of drug-likeness (QED) is 0.803. The van der Waals surface area contributed by atoms with E-state index in [-0.39, 0.29) is 15.5 Å². The molecule has 0 atom stereocenters. The Labute approximate surface area is 137 Å². The van der Waals surface area contributed by atoms with Gasteiger partial charge in [-0.1, -0.05) is 46.8 Å². The van der Waals surface area contributed by atoms with Crippen molar-refractivity contribution in [3.05, 3.63) is 27.2 Å². The third-order valence-corrected chi connectivity index (χ3v) is 5.53. The summed E-state index contributed by atoms with van der Waals surface area (Å²) in [5.41, 5.74) is 0.101. The molecule has 5 nitrogen and oxygen atoms in total. The molecule has 116 valence electrons. The molecular weight excluding hydrogens is 380 g/mol. The summed E-state index contributed by atoms with van der Waals surface area (Å²) in [5.74, 6) is 0.286. The van der Waals surface area contributed by atoms with Gasteiger partial charge in [-0.15, -0.1) is 0 Å². The lowest BCUT2D eigenvalue weighted by molar-refractivity contribution is 0.0949. The molecule has 8 heteroatoms. The minimum Gasteiger partial charge on any atom is -0.352 e. The Morgan fingerprint density at radius 1 is 1.43 bits per heavy atom. The molecule has 21 heavy (non-hydrogen) atoms. The number of hydrogen-bond donors (Lipinski definition) is 2. The van der Waals surface area contributed by atoms with Crippen molar-refractivity contribution in [3.63, 3.8) is 0 Å². The van der Waals surface area contributed by atoms with Gasteiger partial charge >= 0.3 is 0 Å². The van der Waals surface area contributed by atoms with E-state index in [9.17, 15) is 13.2 Å². The van der Waals surface area contributed by atoms with E-state index in [1.165, 1.54) is 31.4 Å². The van der Waals surface area contributed by atoms with Crippen molar-refractivity contribution in [2.24, 2.45) is 11.1 Å². The van der Waals surface area contributed by atoms with Gasteiger partial charge in [0.05, 0.1) is 10.6 Å². The van der Waals surface area contributed by atoms with E-state index in [2.05, 4.69) is 21.2 Å². The number of benzene rings is 1. The van der Waals surface area contributed by atoms with E-state index in [1.807, 2.05) is 0 Å². The fourth-order valence-corrected chi connectivity index (χ4v) is 3.98. The van der Waals surface area contributed by atoms with Crippen molar-refractivity contribution < 1.29 is 13.2 Å². The highest BCUT2D eigenvalue weighted by Crippen LogP contribution is 2.30. The minimum absolute atomic E-state index is 0.101. The van der Waals surface area contributed by atoms with Gasteiger partial charge in [-0.25, -0.2) is 13.6 Å². The van der Waals surface area contributed by atoms with E-state index >= 15 is 0 Å². The number of halogens is 2. The molecule has 1 aromatic rings. The molecule has 1 aliphatic rings. The Morgan fingerprint density at radius 2 is 2.10 bits per heavy atom. The standard InChI is InChI=1S/C13H16BrClN2O3S/c14-9-6-10(12(15)11(7-9)21(16,19)20)13(18)17-5-4-8-2-1-3-8/h6-8H,1-5H2,(H,17,18)(H2,16,19,20). The number of primary sulfonamides is 1. The van der Waals surface area contributed by atoms with Crippen molar-refractivity contribution >= 4 is 43.5 Å². The maximum absolute atomic E-state index is 12.1. The van der Waals surface area contributed by atoms with Crippen LogP contribution in [-0.2, 0) is 10.0 Å². The summed E-state index contributed by atoms with van der Waals surface area (Å²) >= 11 is 9.16. The zero-order valence-corrected chi connectivity index (χ0v) is 14.4. The molecule has 0 bridgehead atoms. The number of rotatable bonds is 5. The fraction of sp³-hybridized carbons (Fsp3) is 0.462. The van der Waals surface area contributed by atoms with Crippen LogP contribution in [0.2, 0.25) is 5.02 Å². The second-order valence-corrected chi connectivity index (χ2v) is 7.98. The number of hydrogen-bond acceptors (Lipinski definition) is 3. The van der Waals surface area contributed by atoms with E-state index in [4.69, 9.17) is 16.7 Å². The Balaban J connectivity index is 2.14. The van der Waals surface area contributed by atoms with Crippen molar-refractivity contribution in [1.82, 2.24) is 5.32 Å². The molecule has 2 rings (SSSR count). The van der Waals surface area contributed by atoms with Crippen molar-refractivity contribution in [2.45, 2.75) is 30.6 Å². The average molecular weight is 396 g/mol. The average Bonchev–Trinajstić information content (AvgIpc) is 2.33. The van der Waals surface area contributed by atoms with Gasteiger partial charge in [-0.05, 0) is 24.5 Å². The first kappa shape index (κ1) is 16.7. The zero-order valence-electron chi connectivity index (χ0n) is 11.2. The van der Waals surface area contributed by atoms with E-state index in [0.717, 1.165) is 6.42 Å². The number of nitrogens with one attached hydrogen (secondary N) is 1. The fourth-order valence-electron chi connectivity index (χ4n) is 2.20. The molecule has 0 unspecified atom stereocenters. The summed E-state index contributed by atoms with van der Waals surface area (Å²) in [6.07, 6.45) is 4.61. The number of nitrogens with two attached hydrogens (primary N) is 1. The highest BCUT2D eigenvalue weighted by atomic mass is 79.9. The van der Waals surface area contributed by atoms with Gasteiger partial charge in [0, 0.05) is 11.0 Å². The zero-order chi connectivity index (χ0) is 15.6. The van der Waals surface area contributed by atoms with Gasteiger partial charge < -0.3 is 5.32 Å². The molecule has 0 aliphatic heterocycles. The Morgan fingerprint density at radius 3 is 2.62 bits per heavy atom. The maximum atomic E-state index is 12.1. The third-order valence-electron chi connectivity index (χ3n) is 3.62. The summed E-state index contributed by atoms with van der Waals surface area (Å²) in [7, 11) is -3.98.